The summed E-state index contributed by atoms with van der Waals surface area (Å²) < 4.78 is 36.4. The van der Waals surface area contributed by atoms with Gasteiger partial charge in [0.05, 0.1) is 0 Å². The van der Waals surface area contributed by atoms with Crippen LogP contribution in [0.15, 0.2) is 0 Å². The van der Waals surface area contributed by atoms with Gasteiger partial charge in [-0.05, 0) is 18.8 Å². The summed E-state index contributed by atoms with van der Waals surface area (Å²) in [6.07, 6.45) is -2.09. The van der Waals surface area contributed by atoms with Gasteiger partial charge in [0.15, 0.2) is 0 Å². The van der Waals surface area contributed by atoms with E-state index in [9.17, 15) is 18.0 Å². The van der Waals surface area contributed by atoms with Crippen molar-refractivity contribution in [2.24, 2.45) is 5.92 Å². The molecule has 6 heteroatoms. The first-order valence-electron chi connectivity index (χ1n) is 4.83. The molecule has 15 heavy (non-hydrogen) atoms. The molecule has 1 rings (SSSR count). The van der Waals surface area contributed by atoms with Crippen molar-refractivity contribution >= 4 is 21.8 Å². The average molecular weight is 288 g/mol. The van der Waals surface area contributed by atoms with Crippen LogP contribution in [-0.2, 0) is 4.79 Å². The largest absolute Gasteiger partial charge is 0.406 e. The molecule has 1 fully saturated rings. The van der Waals surface area contributed by atoms with Crippen molar-refractivity contribution in [3.63, 3.8) is 0 Å². The maximum Gasteiger partial charge on any atom is 0.406 e. The Hall–Kier alpha value is -0.260. The maximum atomic E-state index is 12.1. The zero-order chi connectivity index (χ0) is 11.5. The van der Waals surface area contributed by atoms with Crippen molar-refractivity contribution in [3.8, 4) is 0 Å². The Balaban J connectivity index is 2.43. The molecule has 0 aromatic heterocycles. The van der Waals surface area contributed by atoms with Crippen molar-refractivity contribution in [2.75, 3.05) is 18.4 Å². The van der Waals surface area contributed by atoms with Crippen LogP contribution in [0.2, 0.25) is 0 Å². The first kappa shape index (κ1) is 12.8. The van der Waals surface area contributed by atoms with Crippen molar-refractivity contribution < 1.29 is 18.0 Å². The Kier molecular flexibility index (Phi) is 4.43. The SMILES string of the molecule is O=C(CC1CC1)N(CCBr)CC(F)(F)F. The lowest BCUT2D eigenvalue weighted by Crippen LogP contribution is -2.40. The van der Waals surface area contributed by atoms with Gasteiger partial charge in [0.2, 0.25) is 5.91 Å². The van der Waals surface area contributed by atoms with Crippen LogP contribution in [0, 0.1) is 5.92 Å². The van der Waals surface area contributed by atoms with Gasteiger partial charge in [0.25, 0.3) is 0 Å². The van der Waals surface area contributed by atoms with Gasteiger partial charge in [0, 0.05) is 18.3 Å². The molecule has 1 aliphatic carbocycles. The lowest BCUT2D eigenvalue weighted by atomic mass is 10.2. The number of hydrogen-bond acceptors (Lipinski definition) is 1. The van der Waals surface area contributed by atoms with Gasteiger partial charge < -0.3 is 4.90 Å². The molecule has 0 aliphatic heterocycles. The van der Waals surface area contributed by atoms with E-state index in [1.165, 1.54) is 0 Å². The third-order valence-electron chi connectivity index (χ3n) is 2.24. The lowest BCUT2D eigenvalue weighted by molar-refractivity contribution is -0.160. The zero-order valence-corrected chi connectivity index (χ0v) is 9.77. The summed E-state index contributed by atoms with van der Waals surface area (Å²) in [5.74, 6) is -0.0576. The Labute approximate surface area is 94.9 Å². The van der Waals surface area contributed by atoms with Crippen molar-refractivity contribution in [1.82, 2.24) is 4.90 Å². The molecule has 1 aliphatic rings. The summed E-state index contributed by atoms with van der Waals surface area (Å²) in [5, 5.41) is 0.374. The Morgan fingerprint density at radius 3 is 2.40 bits per heavy atom. The molecule has 0 heterocycles. The standard InChI is InChI=1S/C9H13BrF3NO/c10-3-4-14(6-9(11,12)13)8(15)5-7-1-2-7/h7H,1-6H2. The molecule has 1 amide bonds. The van der Waals surface area contributed by atoms with Crippen LogP contribution in [0.25, 0.3) is 0 Å². The molecule has 2 nitrogen and oxygen atoms in total. The van der Waals surface area contributed by atoms with Crippen LogP contribution in [-0.4, -0.2) is 35.4 Å². The number of hydrogen-bond donors (Lipinski definition) is 0. The molecular weight excluding hydrogens is 275 g/mol. The first-order valence-corrected chi connectivity index (χ1v) is 5.95. The molecule has 0 saturated heterocycles. The molecule has 0 aromatic rings. The van der Waals surface area contributed by atoms with Crippen LogP contribution in [0.1, 0.15) is 19.3 Å². The van der Waals surface area contributed by atoms with Gasteiger partial charge in [-0.1, -0.05) is 15.9 Å². The smallest absolute Gasteiger partial charge is 0.333 e. The second kappa shape index (κ2) is 5.18. The lowest BCUT2D eigenvalue weighted by Gasteiger charge is -2.23. The average Bonchev–Trinajstić information content (AvgIpc) is 2.85. The van der Waals surface area contributed by atoms with Crippen LogP contribution >= 0.6 is 15.9 Å². The summed E-state index contributed by atoms with van der Waals surface area (Å²) in [6, 6.07) is 0. The van der Waals surface area contributed by atoms with Gasteiger partial charge in [0.1, 0.15) is 6.54 Å². The molecule has 0 atom stereocenters. The molecule has 0 unspecified atom stereocenters. The van der Waals surface area contributed by atoms with Gasteiger partial charge in [-0.25, -0.2) is 0 Å². The normalized spacial score (nSPS) is 16.5. The van der Waals surface area contributed by atoms with E-state index in [0.717, 1.165) is 17.7 Å². The fraction of sp³-hybridized carbons (Fsp3) is 0.889. The van der Waals surface area contributed by atoms with E-state index in [1.807, 2.05) is 0 Å². The van der Waals surface area contributed by atoms with E-state index in [1.54, 1.807) is 0 Å². The van der Waals surface area contributed by atoms with E-state index in [4.69, 9.17) is 0 Å². The van der Waals surface area contributed by atoms with E-state index >= 15 is 0 Å². The van der Waals surface area contributed by atoms with Crippen LogP contribution in [0.5, 0.6) is 0 Å². The molecular formula is C9H13BrF3NO. The Morgan fingerprint density at radius 1 is 1.40 bits per heavy atom. The molecule has 0 aromatic carbocycles. The summed E-state index contributed by atoms with van der Waals surface area (Å²) in [6.45, 7) is -1.02. The van der Waals surface area contributed by atoms with E-state index < -0.39 is 12.7 Å². The van der Waals surface area contributed by atoms with Crippen molar-refractivity contribution in [3.05, 3.63) is 0 Å². The molecule has 88 valence electrons. The highest BCUT2D eigenvalue weighted by Gasteiger charge is 2.34. The minimum Gasteiger partial charge on any atom is -0.333 e. The summed E-state index contributed by atoms with van der Waals surface area (Å²) in [5.41, 5.74) is 0. The topological polar surface area (TPSA) is 20.3 Å². The number of amides is 1. The Morgan fingerprint density at radius 2 is 2.00 bits per heavy atom. The predicted octanol–water partition coefficient (Wildman–Crippen LogP) is 2.57. The molecule has 0 radical (unpaired) electrons. The van der Waals surface area contributed by atoms with Gasteiger partial charge in [-0.3, -0.25) is 4.79 Å². The number of nitrogens with zero attached hydrogens (tertiary/aromatic N) is 1. The zero-order valence-electron chi connectivity index (χ0n) is 8.19. The highest BCUT2D eigenvalue weighted by Crippen LogP contribution is 2.33. The van der Waals surface area contributed by atoms with E-state index in [2.05, 4.69) is 15.9 Å². The number of halogens is 4. The highest BCUT2D eigenvalue weighted by molar-refractivity contribution is 9.09. The second-order valence-electron chi connectivity index (χ2n) is 3.77. The van der Waals surface area contributed by atoms with E-state index in [-0.39, 0.29) is 18.9 Å². The summed E-state index contributed by atoms with van der Waals surface area (Å²) in [7, 11) is 0. The molecule has 0 spiro atoms. The minimum absolute atomic E-state index is 0.116. The van der Waals surface area contributed by atoms with Crippen LogP contribution in [0.4, 0.5) is 13.2 Å². The number of carbonyl (C=O) groups is 1. The fourth-order valence-electron chi connectivity index (χ4n) is 1.31. The number of carbonyl (C=O) groups excluding carboxylic acids is 1. The highest BCUT2D eigenvalue weighted by atomic mass is 79.9. The first-order chi connectivity index (χ1) is 6.92. The summed E-state index contributed by atoms with van der Waals surface area (Å²) in [4.78, 5) is 12.3. The van der Waals surface area contributed by atoms with Crippen molar-refractivity contribution in [1.29, 1.82) is 0 Å². The number of rotatable bonds is 5. The maximum absolute atomic E-state index is 12.1. The monoisotopic (exact) mass is 287 g/mol. The summed E-state index contributed by atoms with van der Waals surface area (Å²) >= 11 is 3.05. The van der Waals surface area contributed by atoms with E-state index in [0.29, 0.717) is 11.2 Å². The van der Waals surface area contributed by atoms with Crippen LogP contribution < -0.4 is 0 Å². The van der Waals surface area contributed by atoms with Crippen LogP contribution in [0.3, 0.4) is 0 Å². The molecule has 0 N–H and O–H groups in total. The molecule has 1 saturated carbocycles. The predicted molar refractivity (Wildman–Crippen MR) is 53.8 cm³/mol. The molecule has 0 bridgehead atoms. The minimum atomic E-state index is -4.30. The Bertz CT molecular complexity index is 228. The third kappa shape index (κ3) is 5.39. The van der Waals surface area contributed by atoms with Crippen molar-refractivity contribution in [2.45, 2.75) is 25.4 Å². The quantitative estimate of drug-likeness (QED) is 0.712. The fourth-order valence-corrected chi connectivity index (χ4v) is 1.74. The van der Waals surface area contributed by atoms with Gasteiger partial charge in [-0.15, -0.1) is 0 Å². The van der Waals surface area contributed by atoms with Gasteiger partial charge in [-0.2, -0.15) is 13.2 Å². The third-order valence-corrected chi connectivity index (χ3v) is 2.59. The number of alkyl halides is 4. The second-order valence-corrected chi connectivity index (χ2v) is 4.56. The van der Waals surface area contributed by atoms with Gasteiger partial charge >= 0.3 is 6.18 Å².